The van der Waals surface area contributed by atoms with Gasteiger partial charge in [0.2, 0.25) is 0 Å². The molecule has 0 radical (unpaired) electrons. The van der Waals surface area contributed by atoms with E-state index in [0.29, 0.717) is 16.4 Å². The molecular weight excluding hydrogens is 315 g/mol. The van der Waals surface area contributed by atoms with Gasteiger partial charge in [-0.15, -0.1) is 0 Å². The van der Waals surface area contributed by atoms with E-state index in [9.17, 15) is 9.18 Å². The number of carbonyl (C=O) groups is 1. The van der Waals surface area contributed by atoms with Crippen LogP contribution in [-0.4, -0.2) is 23.0 Å². The Kier molecular flexibility index (Phi) is 2.74. The maximum Gasteiger partial charge on any atom is 0.340 e. The molecule has 0 unspecified atom stereocenters. The van der Waals surface area contributed by atoms with E-state index in [2.05, 4.69) is 30.6 Å². The molecule has 0 aliphatic rings. The normalized spacial score (nSPS) is 11.1. The molecule has 0 amide bonds. The van der Waals surface area contributed by atoms with Gasteiger partial charge in [-0.1, -0.05) is 0 Å². The van der Waals surface area contributed by atoms with Gasteiger partial charge in [0.15, 0.2) is 0 Å². The number of pyridine rings is 1. The minimum atomic E-state index is -0.702. The third-order valence-electron chi connectivity index (χ3n) is 2.89. The topological polar surface area (TPSA) is 55.0 Å². The fourth-order valence-electron chi connectivity index (χ4n) is 2.03. The first-order valence-electron chi connectivity index (χ1n) is 5.45. The summed E-state index contributed by atoms with van der Waals surface area (Å²) in [7, 11) is 1.22. The Labute approximate surface area is 115 Å². The standard InChI is InChI=1S/C13H8BrFN2O2/c1-19-13(18)7-4-10-8(3-9(7)15)12-11(17-10)2-6(14)5-16-12/h2-5,17H,1H3. The number of ether oxygens (including phenoxy) is 1. The minimum absolute atomic E-state index is 0.0966. The Morgan fingerprint density at radius 2 is 2.16 bits per heavy atom. The number of halogens is 2. The predicted molar refractivity (Wildman–Crippen MR) is 72.6 cm³/mol. The highest BCUT2D eigenvalue weighted by Gasteiger charge is 2.16. The van der Waals surface area contributed by atoms with E-state index in [-0.39, 0.29) is 5.56 Å². The molecule has 96 valence electrons. The SMILES string of the molecule is COC(=O)c1cc2[nH]c3cc(Br)cnc3c2cc1F. The molecule has 1 aromatic carbocycles. The summed E-state index contributed by atoms with van der Waals surface area (Å²) < 4.78 is 19.3. The van der Waals surface area contributed by atoms with Crippen molar-refractivity contribution in [2.45, 2.75) is 0 Å². The van der Waals surface area contributed by atoms with Gasteiger partial charge in [0.25, 0.3) is 0 Å². The van der Waals surface area contributed by atoms with Gasteiger partial charge in [-0.05, 0) is 34.1 Å². The summed E-state index contributed by atoms with van der Waals surface area (Å²) in [5, 5.41) is 0.632. The van der Waals surface area contributed by atoms with Crippen LogP contribution in [0.25, 0.3) is 21.9 Å². The number of nitrogens with zero attached hydrogens (tertiary/aromatic N) is 1. The smallest absolute Gasteiger partial charge is 0.340 e. The maximum atomic E-state index is 13.9. The molecule has 4 nitrogen and oxygen atoms in total. The lowest BCUT2D eigenvalue weighted by atomic mass is 10.1. The van der Waals surface area contributed by atoms with Crippen molar-refractivity contribution < 1.29 is 13.9 Å². The minimum Gasteiger partial charge on any atom is -0.465 e. The lowest BCUT2D eigenvalue weighted by Gasteiger charge is -2.01. The lowest BCUT2D eigenvalue weighted by molar-refractivity contribution is 0.0595. The second-order valence-electron chi connectivity index (χ2n) is 4.04. The van der Waals surface area contributed by atoms with Crippen molar-refractivity contribution in [3.05, 3.63) is 40.2 Å². The number of carbonyl (C=O) groups excluding carboxylic acids is 1. The summed E-state index contributed by atoms with van der Waals surface area (Å²) in [5.41, 5.74) is 1.97. The van der Waals surface area contributed by atoms with Crippen LogP contribution in [0, 0.1) is 5.82 Å². The number of esters is 1. The van der Waals surface area contributed by atoms with Crippen molar-refractivity contribution in [1.82, 2.24) is 9.97 Å². The van der Waals surface area contributed by atoms with Crippen LogP contribution in [-0.2, 0) is 4.74 Å². The number of aromatic nitrogens is 2. The van der Waals surface area contributed by atoms with E-state index in [4.69, 9.17) is 0 Å². The molecule has 0 spiro atoms. The Hall–Kier alpha value is -1.95. The van der Waals surface area contributed by atoms with Crippen LogP contribution >= 0.6 is 15.9 Å². The Morgan fingerprint density at radius 1 is 1.37 bits per heavy atom. The van der Waals surface area contributed by atoms with Crippen LogP contribution in [0.1, 0.15) is 10.4 Å². The molecular formula is C13H8BrFN2O2. The molecule has 0 saturated heterocycles. The largest absolute Gasteiger partial charge is 0.465 e. The average molecular weight is 323 g/mol. The second-order valence-corrected chi connectivity index (χ2v) is 4.96. The molecule has 3 rings (SSSR count). The Morgan fingerprint density at radius 3 is 2.89 bits per heavy atom. The maximum absolute atomic E-state index is 13.9. The fourth-order valence-corrected chi connectivity index (χ4v) is 2.36. The zero-order valence-corrected chi connectivity index (χ0v) is 11.4. The molecule has 0 saturated carbocycles. The van der Waals surface area contributed by atoms with Crippen molar-refractivity contribution in [2.75, 3.05) is 7.11 Å². The number of methoxy groups -OCH3 is 1. The second kappa shape index (κ2) is 4.31. The molecule has 0 bridgehead atoms. The van der Waals surface area contributed by atoms with Crippen LogP contribution in [0.4, 0.5) is 4.39 Å². The molecule has 6 heteroatoms. The first-order chi connectivity index (χ1) is 9.10. The molecule has 0 aliphatic heterocycles. The van der Waals surface area contributed by atoms with Gasteiger partial charge in [-0.2, -0.15) is 0 Å². The van der Waals surface area contributed by atoms with E-state index < -0.39 is 11.8 Å². The molecule has 0 aliphatic carbocycles. The van der Waals surface area contributed by atoms with Gasteiger partial charge in [0.05, 0.1) is 23.7 Å². The highest BCUT2D eigenvalue weighted by Crippen LogP contribution is 2.28. The molecule has 2 heterocycles. The van der Waals surface area contributed by atoms with Gasteiger partial charge in [0, 0.05) is 21.6 Å². The summed E-state index contributed by atoms with van der Waals surface area (Å²) in [6.45, 7) is 0. The van der Waals surface area contributed by atoms with Crippen molar-refractivity contribution in [3.8, 4) is 0 Å². The highest BCUT2D eigenvalue weighted by molar-refractivity contribution is 9.10. The van der Waals surface area contributed by atoms with E-state index in [1.807, 2.05) is 6.07 Å². The Bertz CT molecular complexity index is 813. The van der Waals surface area contributed by atoms with Crippen LogP contribution in [0.15, 0.2) is 28.9 Å². The monoisotopic (exact) mass is 322 g/mol. The quantitative estimate of drug-likeness (QED) is 0.698. The van der Waals surface area contributed by atoms with E-state index in [1.54, 1.807) is 6.20 Å². The van der Waals surface area contributed by atoms with E-state index in [0.717, 1.165) is 9.99 Å². The molecule has 3 aromatic rings. The number of hydrogen-bond acceptors (Lipinski definition) is 3. The first-order valence-corrected chi connectivity index (χ1v) is 6.24. The number of aromatic amines is 1. The number of rotatable bonds is 1. The summed E-state index contributed by atoms with van der Waals surface area (Å²) >= 11 is 3.32. The molecule has 0 atom stereocenters. The van der Waals surface area contributed by atoms with Gasteiger partial charge in [0.1, 0.15) is 5.82 Å². The number of hydrogen-bond donors (Lipinski definition) is 1. The lowest BCUT2D eigenvalue weighted by Crippen LogP contribution is -2.04. The van der Waals surface area contributed by atoms with Crippen molar-refractivity contribution >= 4 is 43.8 Å². The number of H-pyrrole nitrogens is 1. The molecule has 1 N–H and O–H groups in total. The first kappa shape index (κ1) is 12.1. The average Bonchev–Trinajstić information content (AvgIpc) is 2.73. The summed E-state index contributed by atoms with van der Waals surface area (Å²) in [4.78, 5) is 18.8. The van der Waals surface area contributed by atoms with Crippen LogP contribution in [0.5, 0.6) is 0 Å². The zero-order valence-electron chi connectivity index (χ0n) is 9.83. The zero-order chi connectivity index (χ0) is 13.6. The molecule has 2 aromatic heterocycles. The molecule has 0 fully saturated rings. The van der Waals surface area contributed by atoms with Crippen molar-refractivity contribution in [2.24, 2.45) is 0 Å². The van der Waals surface area contributed by atoms with Crippen LogP contribution in [0.3, 0.4) is 0 Å². The van der Waals surface area contributed by atoms with Gasteiger partial charge < -0.3 is 9.72 Å². The third-order valence-corrected chi connectivity index (χ3v) is 3.32. The van der Waals surface area contributed by atoms with E-state index >= 15 is 0 Å². The third kappa shape index (κ3) is 1.88. The van der Waals surface area contributed by atoms with Crippen molar-refractivity contribution in [1.29, 1.82) is 0 Å². The van der Waals surface area contributed by atoms with Crippen LogP contribution < -0.4 is 0 Å². The van der Waals surface area contributed by atoms with Crippen LogP contribution in [0.2, 0.25) is 0 Å². The summed E-state index contributed by atoms with van der Waals surface area (Å²) in [6.07, 6.45) is 1.64. The highest BCUT2D eigenvalue weighted by atomic mass is 79.9. The van der Waals surface area contributed by atoms with Gasteiger partial charge in [-0.25, -0.2) is 9.18 Å². The Balaban J connectivity index is 2.35. The summed E-state index contributed by atoms with van der Waals surface area (Å²) in [6, 6.07) is 4.57. The fraction of sp³-hybridized carbons (Fsp3) is 0.0769. The number of nitrogens with one attached hydrogen (secondary N) is 1. The number of fused-ring (bicyclic) bond motifs is 3. The summed E-state index contributed by atoms with van der Waals surface area (Å²) in [5.74, 6) is -1.32. The van der Waals surface area contributed by atoms with Gasteiger partial charge >= 0.3 is 5.97 Å². The van der Waals surface area contributed by atoms with Crippen molar-refractivity contribution in [3.63, 3.8) is 0 Å². The number of benzene rings is 1. The molecule has 19 heavy (non-hydrogen) atoms. The van der Waals surface area contributed by atoms with Gasteiger partial charge in [-0.3, -0.25) is 4.98 Å². The van der Waals surface area contributed by atoms with E-state index in [1.165, 1.54) is 19.2 Å². The predicted octanol–water partition coefficient (Wildman–Crippen LogP) is 3.40.